The van der Waals surface area contributed by atoms with E-state index in [0.29, 0.717) is 6.04 Å². The van der Waals surface area contributed by atoms with Crippen LogP contribution in [0.15, 0.2) is 0 Å². The molecule has 1 N–H and O–H groups in total. The predicted octanol–water partition coefficient (Wildman–Crippen LogP) is 2.89. The lowest BCUT2D eigenvalue weighted by molar-refractivity contribution is 0.105. The van der Waals surface area contributed by atoms with Gasteiger partial charge in [0.1, 0.15) is 0 Å². The first-order chi connectivity index (χ1) is 8.72. The fourth-order valence-corrected chi connectivity index (χ4v) is 2.77. The third-order valence-corrected chi connectivity index (χ3v) is 4.38. The van der Waals surface area contributed by atoms with Crippen LogP contribution >= 0.6 is 0 Å². The summed E-state index contributed by atoms with van der Waals surface area (Å²) < 4.78 is 0. The average molecular weight is 250 g/mol. The summed E-state index contributed by atoms with van der Waals surface area (Å²) in [4.78, 5) is 2.68. The Hall–Kier alpha value is -0.520. The second-order valence-electron chi connectivity index (χ2n) is 5.62. The van der Waals surface area contributed by atoms with Crippen molar-refractivity contribution >= 4 is 0 Å². The Morgan fingerprint density at radius 3 is 2.78 bits per heavy atom. The number of hydrogen-bond donors (Lipinski definition) is 1. The van der Waals surface area contributed by atoms with Crippen LogP contribution in [0.25, 0.3) is 0 Å². The molecule has 0 aromatic rings. The van der Waals surface area contributed by atoms with Crippen LogP contribution in [0.5, 0.6) is 0 Å². The van der Waals surface area contributed by atoms with Crippen molar-refractivity contribution in [2.75, 3.05) is 19.6 Å². The van der Waals surface area contributed by atoms with Gasteiger partial charge in [0, 0.05) is 31.6 Å². The number of terminal acetylenes is 1. The molecule has 0 amide bonds. The lowest BCUT2D eigenvalue weighted by atomic mass is 9.94. The summed E-state index contributed by atoms with van der Waals surface area (Å²) in [6.45, 7) is 10.5. The first kappa shape index (κ1) is 15.5. The summed E-state index contributed by atoms with van der Waals surface area (Å²) in [7, 11) is 0. The summed E-state index contributed by atoms with van der Waals surface area (Å²) in [5.41, 5.74) is 0. The largest absolute Gasteiger partial charge is 0.311 e. The quantitative estimate of drug-likeness (QED) is 0.552. The van der Waals surface area contributed by atoms with Gasteiger partial charge >= 0.3 is 0 Å². The fourth-order valence-electron chi connectivity index (χ4n) is 2.77. The summed E-state index contributed by atoms with van der Waals surface area (Å²) >= 11 is 0. The highest BCUT2D eigenvalue weighted by atomic mass is 15.2. The minimum Gasteiger partial charge on any atom is -0.311 e. The Morgan fingerprint density at radius 1 is 1.39 bits per heavy atom. The van der Waals surface area contributed by atoms with Crippen molar-refractivity contribution in [2.24, 2.45) is 5.92 Å². The first-order valence-corrected chi connectivity index (χ1v) is 7.63. The third kappa shape index (κ3) is 4.63. The van der Waals surface area contributed by atoms with Crippen LogP contribution in [-0.4, -0.2) is 36.6 Å². The van der Waals surface area contributed by atoms with Gasteiger partial charge in [-0.3, -0.25) is 4.90 Å². The molecule has 3 unspecified atom stereocenters. The summed E-state index contributed by atoms with van der Waals surface area (Å²) in [5, 5.41) is 3.73. The van der Waals surface area contributed by atoms with E-state index in [0.717, 1.165) is 24.9 Å². The molecule has 0 spiro atoms. The highest BCUT2D eigenvalue weighted by molar-refractivity contribution is 4.88. The van der Waals surface area contributed by atoms with Gasteiger partial charge in [-0.25, -0.2) is 0 Å². The Bertz CT molecular complexity index is 256. The maximum Gasteiger partial charge on any atom is 0.0221 e. The predicted molar refractivity (Wildman–Crippen MR) is 79.6 cm³/mol. The number of unbranched alkanes of at least 4 members (excludes halogenated alkanes) is 2. The van der Waals surface area contributed by atoms with E-state index in [9.17, 15) is 0 Å². The van der Waals surface area contributed by atoms with Gasteiger partial charge in [-0.15, -0.1) is 12.3 Å². The molecule has 0 aromatic carbocycles. The van der Waals surface area contributed by atoms with Gasteiger partial charge in [-0.1, -0.05) is 27.2 Å². The zero-order valence-corrected chi connectivity index (χ0v) is 12.4. The Labute approximate surface area is 114 Å². The minimum atomic E-state index is 0.672. The van der Waals surface area contributed by atoms with Crippen molar-refractivity contribution in [3.8, 4) is 12.3 Å². The molecule has 0 saturated carbocycles. The second kappa shape index (κ2) is 8.56. The van der Waals surface area contributed by atoms with Gasteiger partial charge in [0.25, 0.3) is 0 Å². The Morgan fingerprint density at radius 2 is 2.17 bits per heavy atom. The van der Waals surface area contributed by atoms with Crippen molar-refractivity contribution in [1.82, 2.24) is 10.2 Å². The van der Waals surface area contributed by atoms with Crippen LogP contribution in [0.1, 0.15) is 52.9 Å². The van der Waals surface area contributed by atoms with Gasteiger partial charge in [-0.2, -0.15) is 0 Å². The highest BCUT2D eigenvalue weighted by Gasteiger charge is 2.28. The molecular formula is C16H30N2. The molecule has 1 saturated heterocycles. The molecule has 104 valence electrons. The van der Waals surface area contributed by atoms with Gasteiger partial charge in [0.2, 0.25) is 0 Å². The molecule has 1 rings (SSSR count). The van der Waals surface area contributed by atoms with E-state index in [4.69, 9.17) is 6.42 Å². The van der Waals surface area contributed by atoms with E-state index in [-0.39, 0.29) is 0 Å². The molecule has 0 aliphatic carbocycles. The first-order valence-electron chi connectivity index (χ1n) is 7.63. The monoisotopic (exact) mass is 250 g/mol. The molecular weight excluding hydrogens is 220 g/mol. The maximum absolute atomic E-state index is 5.31. The third-order valence-electron chi connectivity index (χ3n) is 4.38. The minimum absolute atomic E-state index is 0.672. The zero-order valence-electron chi connectivity index (χ0n) is 12.4. The van der Waals surface area contributed by atoms with E-state index >= 15 is 0 Å². The van der Waals surface area contributed by atoms with Crippen LogP contribution in [-0.2, 0) is 0 Å². The second-order valence-corrected chi connectivity index (χ2v) is 5.62. The smallest absolute Gasteiger partial charge is 0.0221 e. The van der Waals surface area contributed by atoms with E-state index in [1.54, 1.807) is 0 Å². The molecule has 1 aliphatic heterocycles. The van der Waals surface area contributed by atoms with E-state index in [1.807, 2.05) is 0 Å². The highest BCUT2D eigenvalue weighted by Crippen LogP contribution is 2.17. The number of piperazine rings is 1. The molecule has 0 bridgehead atoms. The van der Waals surface area contributed by atoms with Crippen LogP contribution in [0, 0.1) is 18.3 Å². The van der Waals surface area contributed by atoms with E-state index < -0.39 is 0 Å². The van der Waals surface area contributed by atoms with Crippen LogP contribution in [0.2, 0.25) is 0 Å². The number of nitrogens with zero attached hydrogens (tertiary/aromatic N) is 1. The fraction of sp³-hybridized carbons (Fsp3) is 0.875. The number of hydrogen-bond acceptors (Lipinski definition) is 2. The summed E-state index contributed by atoms with van der Waals surface area (Å²) in [5.74, 6) is 3.51. The molecule has 1 fully saturated rings. The molecule has 1 heterocycles. The molecule has 18 heavy (non-hydrogen) atoms. The van der Waals surface area contributed by atoms with Crippen LogP contribution in [0.4, 0.5) is 0 Å². The molecule has 2 nitrogen and oxygen atoms in total. The SMILES string of the molecule is C#CCCCCN1CC(C(C)CC)NCC1CC. The Kier molecular flexibility index (Phi) is 7.39. The van der Waals surface area contributed by atoms with Crippen LogP contribution < -0.4 is 5.32 Å². The van der Waals surface area contributed by atoms with Crippen molar-refractivity contribution < 1.29 is 0 Å². The molecule has 0 radical (unpaired) electrons. The number of nitrogens with one attached hydrogen (secondary N) is 1. The van der Waals surface area contributed by atoms with Gasteiger partial charge in [0.05, 0.1) is 0 Å². The average Bonchev–Trinajstić information content (AvgIpc) is 2.42. The van der Waals surface area contributed by atoms with Crippen molar-refractivity contribution in [2.45, 2.75) is 65.0 Å². The molecule has 2 heteroatoms. The number of rotatable bonds is 7. The molecule has 1 aliphatic rings. The lowest BCUT2D eigenvalue weighted by Crippen LogP contribution is -2.58. The van der Waals surface area contributed by atoms with Gasteiger partial charge < -0.3 is 5.32 Å². The maximum atomic E-state index is 5.31. The summed E-state index contributed by atoms with van der Waals surface area (Å²) in [6.07, 6.45) is 11.2. The van der Waals surface area contributed by atoms with Crippen LogP contribution in [0.3, 0.4) is 0 Å². The van der Waals surface area contributed by atoms with Crippen molar-refractivity contribution in [3.05, 3.63) is 0 Å². The normalized spacial score (nSPS) is 26.8. The van der Waals surface area contributed by atoms with Crippen molar-refractivity contribution in [1.29, 1.82) is 0 Å². The zero-order chi connectivity index (χ0) is 13.4. The Balaban J connectivity index is 2.41. The van der Waals surface area contributed by atoms with Gasteiger partial charge in [0.15, 0.2) is 0 Å². The molecule has 0 aromatic heterocycles. The topological polar surface area (TPSA) is 15.3 Å². The summed E-state index contributed by atoms with van der Waals surface area (Å²) in [6, 6.07) is 1.39. The van der Waals surface area contributed by atoms with Gasteiger partial charge in [-0.05, 0) is 31.7 Å². The molecule has 3 atom stereocenters. The van der Waals surface area contributed by atoms with Crippen molar-refractivity contribution in [3.63, 3.8) is 0 Å². The lowest BCUT2D eigenvalue weighted by Gasteiger charge is -2.42. The van der Waals surface area contributed by atoms with E-state index in [2.05, 4.69) is 36.9 Å². The standard InChI is InChI=1S/C16H30N2/c1-5-8-9-10-11-18-13-16(14(4)6-2)17-12-15(18)7-3/h1,14-17H,6-13H2,2-4H3. The van der Waals surface area contributed by atoms with E-state index in [1.165, 1.54) is 38.8 Å².